The third-order valence-corrected chi connectivity index (χ3v) is 1.87. The maximum atomic E-state index is 10.5. The van der Waals surface area contributed by atoms with E-state index in [2.05, 4.69) is 0 Å². The van der Waals surface area contributed by atoms with Crippen molar-refractivity contribution in [3.63, 3.8) is 0 Å². The number of hydrogen-bond acceptors (Lipinski definition) is 3. The maximum absolute atomic E-state index is 10.5. The molecule has 4 nitrogen and oxygen atoms in total. The number of amides is 1. The smallest absolute Gasteiger partial charge is 0.404 e. The van der Waals surface area contributed by atoms with Crippen molar-refractivity contribution >= 4 is 17.7 Å². The molecule has 0 saturated heterocycles. The quantitative estimate of drug-likeness (QED) is 0.666. The van der Waals surface area contributed by atoms with Gasteiger partial charge in [0.25, 0.3) is 0 Å². The first kappa shape index (κ1) is 12.5. The van der Waals surface area contributed by atoms with Crippen molar-refractivity contribution in [2.75, 3.05) is 5.88 Å². The van der Waals surface area contributed by atoms with Crippen LogP contribution < -0.4 is 5.73 Å². The van der Waals surface area contributed by atoms with Gasteiger partial charge in [-0.2, -0.15) is 0 Å². The van der Waals surface area contributed by atoms with Crippen LogP contribution in [-0.2, 0) is 4.74 Å². The first-order valence-corrected chi connectivity index (χ1v) is 4.71. The summed E-state index contributed by atoms with van der Waals surface area (Å²) in [5.74, 6) is 0.340. The summed E-state index contributed by atoms with van der Waals surface area (Å²) < 4.78 is 4.72. The van der Waals surface area contributed by atoms with E-state index >= 15 is 0 Å². The second-order valence-electron chi connectivity index (χ2n) is 3.33. The van der Waals surface area contributed by atoms with Gasteiger partial charge in [0.15, 0.2) is 0 Å². The van der Waals surface area contributed by atoms with Crippen molar-refractivity contribution in [1.29, 1.82) is 0 Å². The van der Waals surface area contributed by atoms with E-state index in [1.54, 1.807) is 0 Å². The third-order valence-electron chi connectivity index (χ3n) is 1.56. The lowest BCUT2D eigenvalue weighted by Gasteiger charge is -2.22. The number of aliphatic hydroxyl groups excluding tert-OH is 1. The SMILES string of the molecule is CC(C)CC(OC(N)=O)C(O)CCl. The minimum Gasteiger partial charge on any atom is -0.444 e. The van der Waals surface area contributed by atoms with E-state index in [9.17, 15) is 9.90 Å². The molecule has 0 radical (unpaired) electrons. The molecule has 0 aliphatic carbocycles. The molecule has 0 aromatic heterocycles. The first-order valence-electron chi connectivity index (χ1n) is 4.17. The average Bonchev–Trinajstić information content (AvgIpc) is 2.00. The summed E-state index contributed by atoms with van der Waals surface area (Å²) in [6.45, 7) is 3.91. The Labute approximate surface area is 83.0 Å². The van der Waals surface area contributed by atoms with Gasteiger partial charge < -0.3 is 15.6 Å². The summed E-state index contributed by atoms with van der Waals surface area (Å²) in [7, 11) is 0. The number of primary amides is 1. The first-order chi connectivity index (χ1) is 5.97. The van der Waals surface area contributed by atoms with Gasteiger partial charge in [0.2, 0.25) is 0 Å². The Morgan fingerprint density at radius 3 is 2.46 bits per heavy atom. The molecule has 0 aliphatic rings. The Morgan fingerprint density at radius 2 is 2.15 bits per heavy atom. The summed E-state index contributed by atoms with van der Waals surface area (Å²) in [4.78, 5) is 10.5. The number of ether oxygens (including phenoxy) is 1. The predicted molar refractivity (Wildman–Crippen MR) is 50.6 cm³/mol. The van der Waals surface area contributed by atoms with Gasteiger partial charge in [-0.3, -0.25) is 0 Å². The molecule has 5 heteroatoms. The van der Waals surface area contributed by atoms with Crippen LogP contribution in [0.25, 0.3) is 0 Å². The number of alkyl halides is 1. The van der Waals surface area contributed by atoms with Crippen molar-refractivity contribution in [1.82, 2.24) is 0 Å². The van der Waals surface area contributed by atoms with Crippen molar-refractivity contribution in [2.24, 2.45) is 11.7 Å². The van der Waals surface area contributed by atoms with Gasteiger partial charge in [0.1, 0.15) is 12.2 Å². The van der Waals surface area contributed by atoms with Crippen LogP contribution in [0.15, 0.2) is 0 Å². The standard InChI is InChI=1S/C8H16ClNO3/c1-5(2)3-7(6(11)4-9)13-8(10)12/h5-7,11H,3-4H2,1-2H3,(H2,10,12). The minimum atomic E-state index is -0.880. The molecule has 2 atom stereocenters. The van der Waals surface area contributed by atoms with Gasteiger partial charge in [-0.15, -0.1) is 11.6 Å². The van der Waals surface area contributed by atoms with E-state index in [4.69, 9.17) is 22.1 Å². The molecule has 0 rings (SSSR count). The molecule has 78 valence electrons. The molecular weight excluding hydrogens is 194 g/mol. The Kier molecular flexibility index (Phi) is 5.82. The Bertz CT molecular complexity index is 163. The number of carbonyl (C=O) groups excluding carboxylic acids is 1. The van der Waals surface area contributed by atoms with Crippen molar-refractivity contribution in [2.45, 2.75) is 32.5 Å². The number of nitrogens with two attached hydrogens (primary N) is 1. The number of hydrogen-bond donors (Lipinski definition) is 2. The summed E-state index contributed by atoms with van der Waals surface area (Å²) >= 11 is 5.43. The highest BCUT2D eigenvalue weighted by atomic mass is 35.5. The molecule has 0 aliphatic heterocycles. The van der Waals surface area contributed by atoms with Crippen LogP contribution in [-0.4, -0.2) is 29.3 Å². The highest BCUT2D eigenvalue weighted by molar-refractivity contribution is 6.18. The van der Waals surface area contributed by atoms with E-state index in [0.29, 0.717) is 12.3 Å². The van der Waals surface area contributed by atoms with Crippen LogP contribution in [0.4, 0.5) is 4.79 Å². The normalized spacial score (nSPS) is 15.5. The van der Waals surface area contributed by atoms with Crippen LogP contribution in [0.3, 0.4) is 0 Å². The summed E-state index contributed by atoms with van der Waals surface area (Å²) in [6, 6.07) is 0. The molecule has 3 N–H and O–H groups in total. The van der Waals surface area contributed by atoms with Gasteiger partial charge in [-0.05, 0) is 12.3 Å². The highest BCUT2D eigenvalue weighted by Gasteiger charge is 2.22. The maximum Gasteiger partial charge on any atom is 0.404 e. The molecule has 1 amide bonds. The number of halogens is 1. The van der Waals surface area contributed by atoms with Crippen molar-refractivity contribution < 1.29 is 14.6 Å². The minimum absolute atomic E-state index is 0.0324. The zero-order valence-corrected chi connectivity index (χ0v) is 8.62. The molecule has 0 saturated carbocycles. The van der Waals surface area contributed by atoms with Crippen molar-refractivity contribution in [3.05, 3.63) is 0 Å². The molecule has 0 aromatic rings. The predicted octanol–water partition coefficient (Wildman–Crippen LogP) is 1.10. The van der Waals surface area contributed by atoms with E-state index in [0.717, 1.165) is 0 Å². The fraction of sp³-hybridized carbons (Fsp3) is 0.875. The fourth-order valence-corrected chi connectivity index (χ4v) is 1.20. The van der Waals surface area contributed by atoms with E-state index in [1.165, 1.54) is 0 Å². The van der Waals surface area contributed by atoms with Crippen LogP contribution in [0.2, 0.25) is 0 Å². The van der Waals surface area contributed by atoms with Gasteiger partial charge >= 0.3 is 6.09 Å². The van der Waals surface area contributed by atoms with Crippen LogP contribution in [0.5, 0.6) is 0 Å². The molecule has 0 spiro atoms. The topological polar surface area (TPSA) is 72.5 Å². The van der Waals surface area contributed by atoms with Gasteiger partial charge in [-0.1, -0.05) is 13.8 Å². The van der Waals surface area contributed by atoms with Crippen LogP contribution in [0, 0.1) is 5.92 Å². The van der Waals surface area contributed by atoms with Gasteiger partial charge in [-0.25, -0.2) is 4.79 Å². The molecule has 0 aromatic carbocycles. The lowest BCUT2D eigenvalue weighted by Crippen LogP contribution is -2.35. The van der Waals surface area contributed by atoms with Crippen LogP contribution in [0.1, 0.15) is 20.3 Å². The third kappa shape index (κ3) is 5.71. The number of carbonyl (C=O) groups is 1. The summed E-state index contributed by atoms with van der Waals surface area (Å²) in [5.41, 5.74) is 4.85. The van der Waals surface area contributed by atoms with Crippen molar-refractivity contribution in [3.8, 4) is 0 Å². The lowest BCUT2D eigenvalue weighted by molar-refractivity contribution is 0.00681. The van der Waals surface area contributed by atoms with Gasteiger partial charge in [0, 0.05) is 0 Å². The number of aliphatic hydroxyl groups is 1. The molecule has 0 bridgehead atoms. The molecule has 13 heavy (non-hydrogen) atoms. The highest BCUT2D eigenvalue weighted by Crippen LogP contribution is 2.13. The summed E-state index contributed by atoms with van der Waals surface area (Å²) in [5, 5.41) is 9.35. The van der Waals surface area contributed by atoms with E-state index < -0.39 is 18.3 Å². The molecule has 2 unspecified atom stereocenters. The molecule has 0 fully saturated rings. The second-order valence-corrected chi connectivity index (χ2v) is 3.64. The number of rotatable bonds is 5. The average molecular weight is 210 g/mol. The van der Waals surface area contributed by atoms with E-state index in [-0.39, 0.29) is 5.88 Å². The van der Waals surface area contributed by atoms with Crippen LogP contribution >= 0.6 is 11.6 Å². The molecular formula is C8H16ClNO3. The summed E-state index contributed by atoms with van der Waals surface area (Å²) in [6.07, 6.45) is -1.78. The Balaban J connectivity index is 4.10. The van der Waals surface area contributed by atoms with E-state index in [1.807, 2.05) is 13.8 Å². The lowest BCUT2D eigenvalue weighted by atomic mass is 10.0. The zero-order chi connectivity index (χ0) is 10.4. The molecule has 0 heterocycles. The Morgan fingerprint density at radius 1 is 1.62 bits per heavy atom. The fourth-order valence-electron chi connectivity index (χ4n) is 0.997. The van der Waals surface area contributed by atoms with Gasteiger partial charge in [0.05, 0.1) is 5.88 Å². The largest absolute Gasteiger partial charge is 0.444 e. The zero-order valence-electron chi connectivity index (χ0n) is 7.87. The second kappa shape index (κ2) is 6.05. The monoisotopic (exact) mass is 209 g/mol. The Hall–Kier alpha value is -0.480.